The molecule has 33 heavy (non-hydrogen) atoms. The van der Waals surface area contributed by atoms with E-state index in [9.17, 15) is 19.1 Å². The summed E-state index contributed by atoms with van der Waals surface area (Å²) in [6.07, 6.45) is 7.89. The molecule has 5 saturated carbocycles. The number of aliphatic carboxylic acids is 1. The van der Waals surface area contributed by atoms with Gasteiger partial charge < -0.3 is 14.7 Å². The van der Waals surface area contributed by atoms with Crippen molar-refractivity contribution in [1.29, 1.82) is 0 Å². The van der Waals surface area contributed by atoms with Crippen LogP contribution in [0.4, 0.5) is 8.78 Å². The van der Waals surface area contributed by atoms with E-state index >= 15 is 4.39 Å². The first-order valence-electron chi connectivity index (χ1n) is 12.5. The molecule has 6 aliphatic rings. The molecule has 0 spiro atoms. The highest BCUT2D eigenvalue weighted by Gasteiger charge is 2.51. The van der Waals surface area contributed by atoms with Gasteiger partial charge in [-0.3, -0.25) is 4.79 Å². The predicted molar refractivity (Wildman–Crippen MR) is 116 cm³/mol. The van der Waals surface area contributed by atoms with Crippen molar-refractivity contribution in [2.24, 2.45) is 23.2 Å². The third kappa shape index (κ3) is 3.71. The lowest BCUT2D eigenvalue weighted by Gasteiger charge is -2.56. The Morgan fingerprint density at radius 3 is 2.27 bits per heavy atom. The van der Waals surface area contributed by atoms with Crippen LogP contribution in [0.25, 0.3) is 0 Å². The quantitative estimate of drug-likeness (QED) is 0.655. The number of likely N-dealkylation sites (tertiary alicyclic amines) is 1. The number of carbonyl (C=O) groups excluding carboxylic acids is 1. The lowest BCUT2D eigenvalue weighted by atomic mass is 9.50. The summed E-state index contributed by atoms with van der Waals surface area (Å²) in [5.41, 5.74) is 0.841. The van der Waals surface area contributed by atoms with Crippen LogP contribution >= 0.6 is 0 Å². The molecule has 2 atom stereocenters. The Balaban J connectivity index is 1.24. The molecule has 6 fully saturated rings. The van der Waals surface area contributed by atoms with E-state index in [0.29, 0.717) is 12.4 Å². The Hall–Kier alpha value is -2.18. The molecular weight excluding hydrogens is 428 g/mol. The van der Waals surface area contributed by atoms with Crippen LogP contribution < -0.4 is 4.74 Å². The van der Waals surface area contributed by atoms with Gasteiger partial charge in [0.1, 0.15) is 17.7 Å². The zero-order chi connectivity index (χ0) is 22.9. The Labute approximate surface area is 192 Å². The van der Waals surface area contributed by atoms with E-state index in [4.69, 9.17) is 4.74 Å². The molecule has 1 N–H and O–H groups in total. The monoisotopic (exact) mass is 459 g/mol. The van der Waals surface area contributed by atoms with Crippen LogP contribution in [-0.4, -0.2) is 47.2 Å². The maximum atomic E-state index is 15.2. The minimum atomic E-state index is -1.64. The Morgan fingerprint density at radius 2 is 1.70 bits per heavy atom. The van der Waals surface area contributed by atoms with E-state index in [2.05, 4.69) is 0 Å². The van der Waals surface area contributed by atoms with Crippen LogP contribution in [0, 0.1) is 29.0 Å². The van der Waals surface area contributed by atoms with Crippen LogP contribution in [0.2, 0.25) is 0 Å². The summed E-state index contributed by atoms with van der Waals surface area (Å²) in [6, 6.07) is 1.28. The van der Waals surface area contributed by atoms with E-state index in [1.807, 2.05) is 0 Å². The van der Waals surface area contributed by atoms with E-state index in [0.717, 1.165) is 41.1 Å². The largest absolute Gasteiger partial charge is 0.493 e. The summed E-state index contributed by atoms with van der Waals surface area (Å²) >= 11 is 0. The van der Waals surface area contributed by atoms with Gasteiger partial charge in [-0.2, -0.15) is 0 Å². The maximum absolute atomic E-state index is 15.2. The van der Waals surface area contributed by atoms with Crippen LogP contribution in [0.1, 0.15) is 79.6 Å². The van der Waals surface area contributed by atoms with Gasteiger partial charge >= 0.3 is 5.97 Å². The number of hydrogen-bond acceptors (Lipinski definition) is 3. The lowest BCUT2D eigenvalue weighted by Crippen LogP contribution is -2.48. The van der Waals surface area contributed by atoms with Crippen molar-refractivity contribution in [3.63, 3.8) is 0 Å². The van der Waals surface area contributed by atoms with E-state index < -0.39 is 29.9 Å². The molecule has 7 rings (SSSR count). The number of carboxylic acid groups (broad SMARTS) is 1. The van der Waals surface area contributed by atoms with Crippen LogP contribution in [-0.2, 0) is 4.79 Å². The summed E-state index contributed by atoms with van der Waals surface area (Å²) in [4.78, 5) is 25.5. The van der Waals surface area contributed by atoms with Crippen molar-refractivity contribution in [2.75, 3.05) is 13.2 Å². The zero-order valence-corrected chi connectivity index (χ0v) is 18.8. The topological polar surface area (TPSA) is 66.8 Å². The first-order chi connectivity index (χ1) is 15.8. The predicted octanol–water partition coefficient (Wildman–Crippen LogP) is 4.94. The number of hydrogen-bond donors (Lipinski definition) is 1. The second-order valence-corrected chi connectivity index (χ2v) is 11.4. The number of benzene rings is 1. The normalized spacial score (nSPS) is 36.9. The van der Waals surface area contributed by atoms with Crippen molar-refractivity contribution in [1.82, 2.24) is 4.90 Å². The molecule has 5 nitrogen and oxygen atoms in total. The molecule has 1 amide bonds. The van der Waals surface area contributed by atoms with E-state index in [1.165, 1.54) is 50.7 Å². The zero-order valence-electron chi connectivity index (χ0n) is 18.8. The second kappa shape index (κ2) is 7.67. The van der Waals surface area contributed by atoms with Crippen molar-refractivity contribution >= 4 is 11.9 Å². The SMILES string of the molecule is O=C(O)[C@@H]1[C@H](F)CCN1C(=O)c1cc(C2CC2)c(OCC23CC4CC(CC(C4)C2)C3)cc1F. The summed E-state index contributed by atoms with van der Waals surface area (Å²) in [5, 5.41) is 9.35. The van der Waals surface area contributed by atoms with Gasteiger partial charge in [-0.15, -0.1) is 0 Å². The molecule has 7 heteroatoms. The third-order valence-electron chi connectivity index (χ3n) is 8.88. The average molecular weight is 460 g/mol. The van der Waals surface area contributed by atoms with Crippen LogP contribution in [0.15, 0.2) is 12.1 Å². The third-order valence-corrected chi connectivity index (χ3v) is 8.88. The van der Waals surface area contributed by atoms with Gasteiger partial charge in [0, 0.05) is 18.0 Å². The highest BCUT2D eigenvalue weighted by Crippen LogP contribution is 2.60. The lowest BCUT2D eigenvalue weighted by molar-refractivity contribution is -0.142. The minimum absolute atomic E-state index is 0.0283. The standard InChI is InChI=1S/C26H31F2NO4/c27-20-3-4-29(23(20)25(31)32)24(30)19-8-18(17-1-2-17)22(9-21(19)28)33-13-26-10-14-5-15(11-26)7-16(6-14)12-26/h8-9,14-17,20,23H,1-7,10-13H2,(H,31,32)/t14?,15?,16?,20-,23+,26?/m1/s1. The number of amides is 1. The van der Waals surface area contributed by atoms with Gasteiger partial charge in [0.25, 0.3) is 5.91 Å². The minimum Gasteiger partial charge on any atom is -0.493 e. The molecule has 1 aromatic rings. The molecule has 0 unspecified atom stereocenters. The maximum Gasteiger partial charge on any atom is 0.329 e. The fourth-order valence-corrected chi connectivity index (χ4v) is 7.70. The highest BCUT2D eigenvalue weighted by atomic mass is 19.1. The summed E-state index contributed by atoms with van der Waals surface area (Å²) in [7, 11) is 0. The second-order valence-electron chi connectivity index (χ2n) is 11.4. The summed E-state index contributed by atoms with van der Waals surface area (Å²) < 4.78 is 35.5. The van der Waals surface area contributed by atoms with Crippen LogP contribution in [0.3, 0.4) is 0 Å². The molecule has 4 bridgehead atoms. The van der Waals surface area contributed by atoms with Gasteiger partial charge in [0.05, 0.1) is 12.2 Å². The molecule has 1 heterocycles. The molecule has 1 saturated heterocycles. The number of rotatable bonds is 6. The van der Waals surface area contributed by atoms with Gasteiger partial charge in [-0.1, -0.05) is 0 Å². The van der Waals surface area contributed by atoms with E-state index in [1.54, 1.807) is 0 Å². The fourth-order valence-electron chi connectivity index (χ4n) is 7.70. The highest BCUT2D eigenvalue weighted by molar-refractivity contribution is 5.97. The molecule has 1 aliphatic heterocycles. The Kier molecular flexibility index (Phi) is 4.97. The Morgan fingerprint density at radius 1 is 1.06 bits per heavy atom. The van der Waals surface area contributed by atoms with Crippen LogP contribution in [0.5, 0.6) is 5.75 Å². The fraction of sp³-hybridized carbons (Fsp3) is 0.692. The van der Waals surface area contributed by atoms with Crippen molar-refractivity contribution in [3.05, 3.63) is 29.1 Å². The Bertz CT molecular complexity index is 955. The molecule has 5 aliphatic carbocycles. The van der Waals surface area contributed by atoms with Crippen molar-refractivity contribution < 1.29 is 28.2 Å². The number of carbonyl (C=O) groups is 2. The average Bonchev–Trinajstić information content (AvgIpc) is 3.51. The summed E-state index contributed by atoms with van der Waals surface area (Å²) in [5.74, 6) is 0.287. The number of ether oxygens (including phenoxy) is 1. The van der Waals surface area contributed by atoms with Crippen molar-refractivity contribution in [2.45, 2.75) is 75.9 Å². The molecule has 178 valence electrons. The summed E-state index contributed by atoms with van der Waals surface area (Å²) in [6.45, 7) is 0.569. The number of nitrogens with zero attached hydrogens (tertiary/aromatic N) is 1. The van der Waals surface area contributed by atoms with E-state index in [-0.39, 0.29) is 29.9 Å². The molecular formula is C26H31F2NO4. The molecule has 0 aromatic heterocycles. The first kappa shape index (κ1) is 21.4. The number of halogens is 2. The number of alkyl halides is 1. The molecule has 1 aromatic carbocycles. The molecule has 0 radical (unpaired) electrons. The van der Waals surface area contributed by atoms with Gasteiger partial charge in [-0.25, -0.2) is 13.6 Å². The smallest absolute Gasteiger partial charge is 0.329 e. The van der Waals surface area contributed by atoms with Gasteiger partial charge in [0.2, 0.25) is 0 Å². The van der Waals surface area contributed by atoms with Crippen molar-refractivity contribution in [3.8, 4) is 5.75 Å². The first-order valence-corrected chi connectivity index (χ1v) is 12.5. The van der Waals surface area contributed by atoms with Gasteiger partial charge in [-0.05, 0) is 93.1 Å². The number of carboxylic acids is 1. The van der Waals surface area contributed by atoms with Gasteiger partial charge in [0.15, 0.2) is 6.04 Å².